The number of amides is 1. The molecule has 0 fully saturated rings. The summed E-state index contributed by atoms with van der Waals surface area (Å²) < 4.78 is 15.7. The highest BCUT2D eigenvalue weighted by atomic mass is 16.5. The van der Waals surface area contributed by atoms with Crippen LogP contribution in [-0.2, 0) is 9.53 Å². The van der Waals surface area contributed by atoms with Gasteiger partial charge in [-0.05, 0) is 37.1 Å². The Labute approximate surface area is 120 Å². The monoisotopic (exact) mass is 281 g/mol. The fourth-order valence-electron chi connectivity index (χ4n) is 1.68. The Morgan fingerprint density at radius 3 is 2.40 bits per heavy atom. The molecule has 0 unspecified atom stereocenters. The summed E-state index contributed by atoms with van der Waals surface area (Å²) in [5, 5.41) is 2.84. The SMILES string of the molecule is CC[C@H](Oc1ccc(OC)cc1)C(=O)NCCCOC. The summed E-state index contributed by atoms with van der Waals surface area (Å²) in [5.74, 6) is 1.32. The van der Waals surface area contributed by atoms with Crippen LogP contribution in [0.5, 0.6) is 11.5 Å². The van der Waals surface area contributed by atoms with Crippen molar-refractivity contribution in [2.24, 2.45) is 0 Å². The standard InChI is InChI=1S/C15H23NO4/c1-4-14(15(17)16-10-5-11-18-2)20-13-8-6-12(19-3)7-9-13/h6-9,14H,4-5,10-11H2,1-3H3,(H,16,17)/t14-/m0/s1. The van der Waals surface area contributed by atoms with Crippen LogP contribution in [-0.4, -0.2) is 39.4 Å². The Morgan fingerprint density at radius 1 is 1.20 bits per heavy atom. The topological polar surface area (TPSA) is 56.8 Å². The van der Waals surface area contributed by atoms with Crippen molar-refractivity contribution in [2.45, 2.75) is 25.9 Å². The minimum absolute atomic E-state index is 0.0978. The molecule has 1 aromatic carbocycles. The van der Waals surface area contributed by atoms with Gasteiger partial charge in [0.25, 0.3) is 5.91 Å². The molecule has 0 aliphatic carbocycles. The zero-order chi connectivity index (χ0) is 14.8. The number of nitrogens with one attached hydrogen (secondary N) is 1. The van der Waals surface area contributed by atoms with Gasteiger partial charge in [-0.2, -0.15) is 0 Å². The summed E-state index contributed by atoms with van der Waals surface area (Å²) in [6.45, 7) is 3.15. The molecule has 0 saturated heterocycles. The molecular weight excluding hydrogens is 258 g/mol. The molecule has 1 aromatic rings. The minimum Gasteiger partial charge on any atom is -0.497 e. The van der Waals surface area contributed by atoms with Gasteiger partial charge < -0.3 is 19.5 Å². The van der Waals surface area contributed by atoms with Crippen molar-refractivity contribution in [3.05, 3.63) is 24.3 Å². The summed E-state index contributed by atoms with van der Waals surface area (Å²) in [6, 6.07) is 7.19. The molecule has 0 radical (unpaired) electrons. The molecule has 0 aliphatic rings. The highest BCUT2D eigenvalue weighted by Crippen LogP contribution is 2.18. The van der Waals surface area contributed by atoms with Gasteiger partial charge >= 0.3 is 0 Å². The van der Waals surface area contributed by atoms with Gasteiger partial charge in [0, 0.05) is 20.3 Å². The molecule has 1 atom stereocenters. The lowest BCUT2D eigenvalue weighted by molar-refractivity contribution is -0.128. The average molecular weight is 281 g/mol. The summed E-state index contributed by atoms with van der Waals surface area (Å²) in [5.41, 5.74) is 0. The largest absolute Gasteiger partial charge is 0.497 e. The second kappa shape index (κ2) is 9.20. The van der Waals surface area contributed by atoms with E-state index in [4.69, 9.17) is 14.2 Å². The van der Waals surface area contributed by atoms with Crippen LogP contribution in [0, 0.1) is 0 Å². The van der Waals surface area contributed by atoms with Crippen molar-refractivity contribution < 1.29 is 19.0 Å². The number of carbonyl (C=O) groups excluding carboxylic acids is 1. The molecule has 20 heavy (non-hydrogen) atoms. The van der Waals surface area contributed by atoms with Gasteiger partial charge in [-0.1, -0.05) is 6.92 Å². The lowest BCUT2D eigenvalue weighted by Crippen LogP contribution is -2.38. The van der Waals surface area contributed by atoms with Gasteiger partial charge in [-0.15, -0.1) is 0 Å². The molecule has 0 saturated carbocycles. The van der Waals surface area contributed by atoms with Gasteiger partial charge in [-0.3, -0.25) is 4.79 Å². The van der Waals surface area contributed by atoms with E-state index in [1.165, 1.54) is 0 Å². The van der Waals surface area contributed by atoms with E-state index >= 15 is 0 Å². The normalized spacial score (nSPS) is 11.8. The van der Waals surface area contributed by atoms with Gasteiger partial charge in [0.15, 0.2) is 6.10 Å². The molecule has 112 valence electrons. The number of hydrogen-bond donors (Lipinski definition) is 1. The summed E-state index contributed by atoms with van der Waals surface area (Å²) in [7, 11) is 3.25. The Hall–Kier alpha value is -1.75. The lowest BCUT2D eigenvalue weighted by atomic mass is 10.2. The quantitative estimate of drug-likeness (QED) is 0.703. The molecule has 0 bridgehead atoms. The van der Waals surface area contributed by atoms with Gasteiger partial charge in [0.2, 0.25) is 0 Å². The maximum absolute atomic E-state index is 12.0. The van der Waals surface area contributed by atoms with Crippen LogP contribution in [0.25, 0.3) is 0 Å². The van der Waals surface area contributed by atoms with Crippen LogP contribution in [0.1, 0.15) is 19.8 Å². The van der Waals surface area contributed by atoms with E-state index in [1.54, 1.807) is 38.5 Å². The molecule has 1 rings (SSSR count). The maximum atomic E-state index is 12.0. The van der Waals surface area contributed by atoms with Crippen LogP contribution >= 0.6 is 0 Å². The zero-order valence-corrected chi connectivity index (χ0v) is 12.3. The first-order chi connectivity index (χ1) is 9.71. The number of carbonyl (C=O) groups is 1. The van der Waals surface area contributed by atoms with Crippen LogP contribution < -0.4 is 14.8 Å². The van der Waals surface area contributed by atoms with Crippen LogP contribution in [0.2, 0.25) is 0 Å². The van der Waals surface area contributed by atoms with E-state index in [0.29, 0.717) is 25.3 Å². The molecular formula is C15H23NO4. The maximum Gasteiger partial charge on any atom is 0.261 e. The van der Waals surface area contributed by atoms with Crippen LogP contribution in [0.4, 0.5) is 0 Å². The highest BCUT2D eigenvalue weighted by molar-refractivity contribution is 5.81. The van der Waals surface area contributed by atoms with Crippen molar-refractivity contribution >= 4 is 5.91 Å². The third-order valence-corrected chi connectivity index (χ3v) is 2.83. The molecule has 0 spiro atoms. The molecule has 0 aliphatic heterocycles. The van der Waals surface area contributed by atoms with Gasteiger partial charge in [-0.25, -0.2) is 0 Å². The molecule has 1 amide bonds. The van der Waals surface area contributed by atoms with Crippen molar-refractivity contribution in [2.75, 3.05) is 27.4 Å². The van der Waals surface area contributed by atoms with Crippen molar-refractivity contribution in [3.8, 4) is 11.5 Å². The van der Waals surface area contributed by atoms with Crippen LogP contribution in [0.3, 0.4) is 0 Å². The van der Waals surface area contributed by atoms with E-state index in [2.05, 4.69) is 5.32 Å². The van der Waals surface area contributed by atoms with Gasteiger partial charge in [0.05, 0.1) is 7.11 Å². The second-order valence-corrected chi connectivity index (χ2v) is 4.33. The summed E-state index contributed by atoms with van der Waals surface area (Å²) >= 11 is 0. The molecule has 0 heterocycles. The Kier molecular flexibility index (Phi) is 7.50. The molecule has 0 aromatic heterocycles. The third-order valence-electron chi connectivity index (χ3n) is 2.83. The first kappa shape index (κ1) is 16.3. The Bertz CT molecular complexity index is 391. The predicted molar refractivity (Wildman–Crippen MR) is 77.2 cm³/mol. The minimum atomic E-state index is -0.481. The third kappa shape index (κ3) is 5.48. The van der Waals surface area contributed by atoms with Crippen molar-refractivity contribution in [3.63, 3.8) is 0 Å². The van der Waals surface area contributed by atoms with Crippen LogP contribution in [0.15, 0.2) is 24.3 Å². The van der Waals surface area contributed by atoms with E-state index in [-0.39, 0.29) is 5.91 Å². The number of benzene rings is 1. The summed E-state index contributed by atoms with van der Waals surface area (Å²) in [6.07, 6.45) is 0.925. The van der Waals surface area contributed by atoms with E-state index < -0.39 is 6.10 Å². The second-order valence-electron chi connectivity index (χ2n) is 4.33. The predicted octanol–water partition coefficient (Wildman–Crippen LogP) is 2.01. The first-order valence-electron chi connectivity index (χ1n) is 6.78. The number of hydrogen-bond acceptors (Lipinski definition) is 4. The van der Waals surface area contributed by atoms with E-state index in [1.807, 2.05) is 6.92 Å². The van der Waals surface area contributed by atoms with E-state index in [9.17, 15) is 4.79 Å². The summed E-state index contributed by atoms with van der Waals surface area (Å²) in [4.78, 5) is 12.0. The first-order valence-corrected chi connectivity index (χ1v) is 6.78. The Balaban J connectivity index is 2.46. The van der Waals surface area contributed by atoms with Crippen molar-refractivity contribution in [1.29, 1.82) is 0 Å². The Morgan fingerprint density at radius 2 is 1.85 bits per heavy atom. The average Bonchev–Trinajstić information content (AvgIpc) is 2.49. The fourth-order valence-corrected chi connectivity index (χ4v) is 1.68. The van der Waals surface area contributed by atoms with Gasteiger partial charge in [0.1, 0.15) is 11.5 Å². The molecule has 5 nitrogen and oxygen atoms in total. The number of rotatable bonds is 9. The fraction of sp³-hybridized carbons (Fsp3) is 0.533. The van der Waals surface area contributed by atoms with Crippen molar-refractivity contribution in [1.82, 2.24) is 5.32 Å². The molecule has 1 N–H and O–H groups in total. The molecule has 5 heteroatoms. The highest BCUT2D eigenvalue weighted by Gasteiger charge is 2.17. The number of ether oxygens (including phenoxy) is 3. The van der Waals surface area contributed by atoms with E-state index in [0.717, 1.165) is 12.2 Å². The smallest absolute Gasteiger partial charge is 0.261 e. The lowest BCUT2D eigenvalue weighted by Gasteiger charge is -2.17. The zero-order valence-electron chi connectivity index (χ0n) is 12.3. The number of methoxy groups -OCH3 is 2.